The van der Waals surface area contributed by atoms with E-state index < -0.39 is 5.97 Å². The fourth-order valence-corrected chi connectivity index (χ4v) is 3.19. The van der Waals surface area contributed by atoms with Gasteiger partial charge in [-0.2, -0.15) is 0 Å². The van der Waals surface area contributed by atoms with E-state index in [4.69, 9.17) is 9.47 Å². The summed E-state index contributed by atoms with van der Waals surface area (Å²) in [6, 6.07) is 23.6. The highest BCUT2D eigenvalue weighted by molar-refractivity contribution is 5.89. The summed E-state index contributed by atoms with van der Waals surface area (Å²) in [5, 5.41) is 0. The molecule has 0 saturated heterocycles. The van der Waals surface area contributed by atoms with Crippen LogP contribution in [0.2, 0.25) is 0 Å². The average molecular weight is 441 g/mol. The van der Waals surface area contributed by atoms with Crippen molar-refractivity contribution in [3.8, 4) is 5.75 Å². The first kappa shape index (κ1) is 23.7. The van der Waals surface area contributed by atoms with Crippen molar-refractivity contribution < 1.29 is 19.1 Å². The van der Waals surface area contributed by atoms with Gasteiger partial charge in [-0.15, -0.1) is 0 Å². The third kappa shape index (κ3) is 7.93. The fourth-order valence-electron chi connectivity index (χ4n) is 3.19. The average Bonchev–Trinajstić information content (AvgIpc) is 2.84. The minimum atomic E-state index is -0.441. The van der Waals surface area contributed by atoms with Gasteiger partial charge in [0.2, 0.25) is 0 Å². The molecule has 0 aliphatic carbocycles. The van der Waals surface area contributed by atoms with E-state index in [1.807, 2.05) is 48.5 Å². The lowest BCUT2D eigenvalue weighted by molar-refractivity contribution is -0.137. The van der Waals surface area contributed by atoms with Gasteiger partial charge in [0.1, 0.15) is 5.75 Å². The lowest BCUT2D eigenvalue weighted by Crippen LogP contribution is -2.03. The summed E-state index contributed by atoms with van der Waals surface area (Å²) >= 11 is 0. The van der Waals surface area contributed by atoms with Gasteiger partial charge in [0.15, 0.2) is 0 Å². The fraction of sp³-hybridized carbons (Fsp3) is 0.172. The molecule has 168 valence electrons. The van der Waals surface area contributed by atoms with Crippen LogP contribution in [0.25, 0.3) is 12.2 Å². The van der Waals surface area contributed by atoms with Crippen LogP contribution in [-0.2, 0) is 27.2 Å². The number of carbonyl (C=O) groups excluding carboxylic acids is 2. The first-order chi connectivity index (χ1) is 16.1. The molecule has 4 heteroatoms. The maximum absolute atomic E-state index is 12.2. The number of hydrogen-bond donors (Lipinski definition) is 0. The second-order valence-corrected chi connectivity index (χ2v) is 7.50. The second-order valence-electron chi connectivity index (χ2n) is 7.50. The molecule has 3 aromatic rings. The first-order valence-electron chi connectivity index (χ1n) is 11.1. The molecule has 0 bridgehead atoms. The van der Waals surface area contributed by atoms with Crippen molar-refractivity contribution in [1.82, 2.24) is 0 Å². The first-order valence-corrected chi connectivity index (χ1v) is 11.1. The summed E-state index contributed by atoms with van der Waals surface area (Å²) < 4.78 is 10.2. The molecule has 3 aromatic carbocycles. The topological polar surface area (TPSA) is 52.6 Å². The van der Waals surface area contributed by atoms with Gasteiger partial charge in [-0.3, -0.25) is 0 Å². The van der Waals surface area contributed by atoms with Gasteiger partial charge in [-0.1, -0.05) is 67.6 Å². The summed E-state index contributed by atoms with van der Waals surface area (Å²) in [7, 11) is 0. The Morgan fingerprint density at radius 2 is 1.15 bits per heavy atom. The van der Waals surface area contributed by atoms with Crippen molar-refractivity contribution in [2.45, 2.75) is 26.7 Å². The quantitative estimate of drug-likeness (QED) is 0.231. The minimum Gasteiger partial charge on any atom is -0.463 e. The van der Waals surface area contributed by atoms with Crippen molar-refractivity contribution in [3.63, 3.8) is 0 Å². The maximum atomic E-state index is 12.2. The Hall–Kier alpha value is -3.92. The van der Waals surface area contributed by atoms with Crippen LogP contribution >= 0.6 is 0 Å². The Morgan fingerprint density at radius 1 is 0.667 bits per heavy atom. The van der Waals surface area contributed by atoms with Gasteiger partial charge in [0.05, 0.1) is 6.61 Å². The van der Waals surface area contributed by atoms with Gasteiger partial charge < -0.3 is 9.47 Å². The van der Waals surface area contributed by atoms with Crippen molar-refractivity contribution in [1.29, 1.82) is 0 Å². The number of esters is 2. The Bertz CT molecular complexity index is 1110. The SMILES string of the molecule is CCOC(=O)/C=C/c1ccc(/C=C/C(=O)Oc2ccc(Cc3ccc(CC)cc3)cc2)cc1. The largest absolute Gasteiger partial charge is 0.463 e. The lowest BCUT2D eigenvalue weighted by Gasteiger charge is -2.05. The van der Waals surface area contributed by atoms with E-state index in [-0.39, 0.29) is 5.97 Å². The molecule has 0 radical (unpaired) electrons. The molecule has 0 spiro atoms. The van der Waals surface area contributed by atoms with Crippen molar-refractivity contribution in [2.75, 3.05) is 6.61 Å². The van der Waals surface area contributed by atoms with E-state index in [2.05, 4.69) is 31.2 Å². The van der Waals surface area contributed by atoms with E-state index >= 15 is 0 Å². The molecular formula is C29H28O4. The Kier molecular flexibility index (Phi) is 8.78. The highest BCUT2D eigenvalue weighted by Crippen LogP contribution is 2.17. The van der Waals surface area contributed by atoms with Crippen LogP contribution in [0, 0.1) is 0 Å². The van der Waals surface area contributed by atoms with E-state index in [0.29, 0.717) is 12.4 Å². The molecule has 33 heavy (non-hydrogen) atoms. The Balaban J connectivity index is 1.51. The molecule has 0 saturated carbocycles. The molecule has 0 aliphatic heterocycles. The Morgan fingerprint density at radius 3 is 1.67 bits per heavy atom. The van der Waals surface area contributed by atoms with Crippen LogP contribution in [0.15, 0.2) is 84.9 Å². The van der Waals surface area contributed by atoms with Gasteiger partial charge in [0, 0.05) is 12.2 Å². The highest BCUT2D eigenvalue weighted by atomic mass is 16.5. The number of rotatable bonds is 9. The predicted molar refractivity (Wildman–Crippen MR) is 132 cm³/mol. The number of benzene rings is 3. The van der Waals surface area contributed by atoms with Crippen LogP contribution in [0.5, 0.6) is 5.75 Å². The predicted octanol–water partition coefficient (Wildman–Crippen LogP) is 6.03. The molecule has 0 fully saturated rings. The van der Waals surface area contributed by atoms with Crippen molar-refractivity contribution in [3.05, 3.63) is 113 Å². The zero-order valence-electron chi connectivity index (χ0n) is 19.0. The molecule has 0 unspecified atom stereocenters. The van der Waals surface area contributed by atoms with Crippen LogP contribution in [0.1, 0.15) is 41.7 Å². The summed E-state index contributed by atoms with van der Waals surface area (Å²) in [5.41, 5.74) is 5.46. The summed E-state index contributed by atoms with van der Waals surface area (Å²) in [4.78, 5) is 23.5. The summed E-state index contributed by atoms with van der Waals surface area (Å²) in [6.07, 6.45) is 8.03. The molecule has 0 heterocycles. The van der Waals surface area contributed by atoms with Crippen LogP contribution in [0.4, 0.5) is 0 Å². The number of carbonyl (C=O) groups is 2. The maximum Gasteiger partial charge on any atom is 0.336 e. The normalized spacial score (nSPS) is 11.1. The zero-order valence-corrected chi connectivity index (χ0v) is 19.0. The molecule has 0 amide bonds. The molecule has 4 nitrogen and oxygen atoms in total. The highest BCUT2D eigenvalue weighted by Gasteiger charge is 2.03. The smallest absolute Gasteiger partial charge is 0.336 e. The third-order valence-corrected chi connectivity index (χ3v) is 5.03. The van der Waals surface area contributed by atoms with E-state index in [9.17, 15) is 9.59 Å². The number of aryl methyl sites for hydroxylation is 1. The van der Waals surface area contributed by atoms with Crippen molar-refractivity contribution in [2.24, 2.45) is 0 Å². The summed E-state index contributed by atoms with van der Waals surface area (Å²) in [6.45, 7) is 4.26. The zero-order chi connectivity index (χ0) is 23.5. The Labute approximate surface area is 195 Å². The van der Waals surface area contributed by atoms with E-state index in [0.717, 1.165) is 29.5 Å². The van der Waals surface area contributed by atoms with Crippen LogP contribution < -0.4 is 4.74 Å². The van der Waals surface area contributed by atoms with Gasteiger partial charge >= 0.3 is 11.9 Å². The molecule has 3 rings (SSSR count). The van der Waals surface area contributed by atoms with Gasteiger partial charge in [-0.05, 0) is 71.9 Å². The van der Waals surface area contributed by atoms with Crippen LogP contribution in [0.3, 0.4) is 0 Å². The van der Waals surface area contributed by atoms with E-state index in [1.54, 1.807) is 19.1 Å². The monoisotopic (exact) mass is 440 g/mol. The van der Waals surface area contributed by atoms with Crippen molar-refractivity contribution >= 4 is 24.1 Å². The minimum absolute atomic E-state index is 0.348. The third-order valence-electron chi connectivity index (χ3n) is 5.03. The standard InChI is InChI=1S/C29H28O4/c1-3-22-5-11-25(12-6-22)21-26-13-17-27(18-14-26)33-29(31)20-16-24-9-7-23(8-10-24)15-19-28(30)32-4-2/h5-20H,3-4,21H2,1-2H3/b19-15+,20-16+. The lowest BCUT2D eigenvalue weighted by atomic mass is 10.0. The van der Waals surface area contributed by atoms with E-state index in [1.165, 1.54) is 23.3 Å². The molecule has 0 aliphatic rings. The molecular weight excluding hydrogens is 412 g/mol. The van der Waals surface area contributed by atoms with Gasteiger partial charge in [0.25, 0.3) is 0 Å². The number of ether oxygens (including phenoxy) is 2. The second kappa shape index (κ2) is 12.2. The molecule has 0 N–H and O–H groups in total. The number of hydrogen-bond acceptors (Lipinski definition) is 4. The molecule has 0 aromatic heterocycles. The molecule has 0 atom stereocenters. The summed E-state index contributed by atoms with van der Waals surface area (Å²) in [5.74, 6) is -0.304. The van der Waals surface area contributed by atoms with Crippen LogP contribution in [-0.4, -0.2) is 18.5 Å². The van der Waals surface area contributed by atoms with Gasteiger partial charge in [-0.25, -0.2) is 9.59 Å².